The molecule has 0 atom stereocenters. The van der Waals surface area contributed by atoms with Crippen LogP contribution in [0.3, 0.4) is 0 Å². The van der Waals surface area contributed by atoms with E-state index < -0.39 is 40.1 Å². The molecule has 0 radical (unpaired) electrons. The monoisotopic (exact) mass is 399 g/mol. The number of nitrogen functional groups attached to an aromatic ring is 1. The van der Waals surface area contributed by atoms with Gasteiger partial charge in [0.25, 0.3) is 0 Å². The highest BCUT2D eigenvalue weighted by molar-refractivity contribution is 5.92. The lowest BCUT2D eigenvalue weighted by Crippen LogP contribution is -2.32. The van der Waals surface area contributed by atoms with Gasteiger partial charge in [-0.25, -0.2) is 9.78 Å². The summed E-state index contributed by atoms with van der Waals surface area (Å²) >= 11 is 0. The number of pyridine rings is 2. The number of hydrogen-bond donors (Lipinski definition) is 1. The molecule has 0 aromatic carbocycles. The molecule has 2 aromatic rings. The fourth-order valence-electron chi connectivity index (χ4n) is 2.31. The fourth-order valence-corrected chi connectivity index (χ4v) is 2.31. The number of carbonyl (C=O) groups excluding carboxylic acids is 1. The number of alkyl halides is 3. The van der Waals surface area contributed by atoms with Crippen molar-refractivity contribution in [3.8, 4) is 0 Å². The van der Waals surface area contributed by atoms with Crippen molar-refractivity contribution in [1.82, 2.24) is 9.97 Å². The van der Waals surface area contributed by atoms with E-state index in [1.807, 2.05) is 0 Å². The quantitative estimate of drug-likeness (QED) is 0.603. The standard InChI is InChI=1S/C16H16F3N5O4/c1-3-28-15(25)23(8-10-5-4-9(2)21-7-10)11-6-12(16(17,18)19)22-14(20)13(11)24(26)27/h4-7H,3,8H2,1-2H3,(H2,20,22). The molecule has 28 heavy (non-hydrogen) atoms. The second kappa shape index (κ2) is 8.06. The van der Waals surface area contributed by atoms with Gasteiger partial charge in [-0.15, -0.1) is 0 Å². The Labute approximate surface area is 157 Å². The number of hydrogen-bond acceptors (Lipinski definition) is 7. The number of rotatable bonds is 5. The first kappa shape index (κ1) is 20.9. The Bertz CT molecular complexity index is 887. The van der Waals surface area contributed by atoms with Gasteiger partial charge in [-0.2, -0.15) is 13.2 Å². The van der Waals surface area contributed by atoms with Crippen molar-refractivity contribution in [2.45, 2.75) is 26.6 Å². The third-order valence-electron chi connectivity index (χ3n) is 3.56. The van der Waals surface area contributed by atoms with E-state index in [9.17, 15) is 28.1 Å². The Hall–Kier alpha value is -3.44. The second-order valence-corrected chi connectivity index (χ2v) is 5.61. The number of aromatic nitrogens is 2. The molecule has 0 spiro atoms. The highest BCUT2D eigenvalue weighted by Crippen LogP contribution is 2.39. The zero-order chi connectivity index (χ0) is 21.1. The number of carbonyl (C=O) groups is 1. The van der Waals surface area contributed by atoms with Crippen LogP contribution < -0.4 is 10.6 Å². The molecule has 0 fully saturated rings. The number of anilines is 2. The van der Waals surface area contributed by atoms with Crippen molar-refractivity contribution >= 4 is 23.3 Å². The number of ether oxygens (including phenoxy) is 1. The van der Waals surface area contributed by atoms with Gasteiger partial charge < -0.3 is 10.5 Å². The lowest BCUT2D eigenvalue weighted by molar-refractivity contribution is -0.383. The van der Waals surface area contributed by atoms with E-state index in [0.717, 1.165) is 0 Å². The number of halogens is 3. The molecule has 2 rings (SSSR count). The van der Waals surface area contributed by atoms with Crippen molar-refractivity contribution in [3.63, 3.8) is 0 Å². The topological polar surface area (TPSA) is 124 Å². The first-order chi connectivity index (χ1) is 13.0. The molecule has 2 N–H and O–H groups in total. The lowest BCUT2D eigenvalue weighted by atomic mass is 10.2. The summed E-state index contributed by atoms with van der Waals surface area (Å²) in [6, 6.07) is 3.60. The van der Waals surface area contributed by atoms with E-state index in [4.69, 9.17) is 10.5 Å². The molecular weight excluding hydrogens is 383 g/mol. The molecule has 0 saturated carbocycles. The first-order valence-corrected chi connectivity index (χ1v) is 7.92. The zero-order valence-corrected chi connectivity index (χ0v) is 14.9. The molecule has 1 amide bonds. The molecule has 150 valence electrons. The molecule has 9 nitrogen and oxygen atoms in total. The van der Waals surface area contributed by atoms with E-state index in [-0.39, 0.29) is 13.2 Å². The average molecular weight is 399 g/mol. The Morgan fingerprint density at radius 2 is 2.07 bits per heavy atom. The molecule has 0 unspecified atom stereocenters. The van der Waals surface area contributed by atoms with Gasteiger partial charge in [0.1, 0.15) is 11.4 Å². The average Bonchev–Trinajstić information content (AvgIpc) is 2.59. The number of aryl methyl sites for hydroxylation is 1. The third-order valence-corrected chi connectivity index (χ3v) is 3.56. The minimum absolute atomic E-state index is 0.0953. The van der Waals surface area contributed by atoms with Crippen LogP contribution in [-0.4, -0.2) is 27.6 Å². The van der Waals surface area contributed by atoms with Crippen LogP contribution in [0.5, 0.6) is 0 Å². The number of nitrogens with zero attached hydrogens (tertiary/aromatic N) is 4. The summed E-state index contributed by atoms with van der Waals surface area (Å²) in [6.07, 6.45) is -4.61. The zero-order valence-electron chi connectivity index (χ0n) is 14.9. The van der Waals surface area contributed by atoms with Crippen LogP contribution in [0.15, 0.2) is 24.4 Å². The first-order valence-electron chi connectivity index (χ1n) is 7.92. The predicted octanol–water partition coefficient (Wildman–Crippen LogP) is 3.46. The highest BCUT2D eigenvalue weighted by atomic mass is 19.4. The molecule has 0 aliphatic rings. The Morgan fingerprint density at radius 1 is 1.39 bits per heavy atom. The van der Waals surface area contributed by atoms with Gasteiger partial charge in [0.05, 0.1) is 18.1 Å². The molecule has 0 bridgehead atoms. The maximum absolute atomic E-state index is 13.1. The molecule has 2 aromatic heterocycles. The number of amides is 1. The molecule has 0 aliphatic heterocycles. The second-order valence-electron chi connectivity index (χ2n) is 5.61. The van der Waals surface area contributed by atoms with Gasteiger partial charge in [-0.3, -0.25) is 20.0 Å². The van der Waals surface area contributed by atoms with Gasteiger partial charge >= 0.3 is 18.0 Å². The SMILES string of the molecule is CCOC(=O)N(Cc1ccc(C)nc1)c1cc(C(F)(F)F)nc(N)c1[N+](=O)[O-]. The minimum Gasteiger partial charge on any atom is -0.449 e. The van der Waals surface area contributed by atoms with Crippen molar-refractivity contribution < 1.29 is 27.6 Å². The number of nitrogens with two attached hydrogens (primary N) is 1. The summed E-state index contributed by atoms with van der Waals surface area (Å²) < 4.78 is 44.3. The van der Waals surface area contributed by atoms with E-state index in [0.29, 0.717) is 22.2 Å². The van der Waals surface area contributed by atoms with Crippen LogP contribution in [0.1, 0.15) is 23.9 Å². The largest absolute Gasteiger partial charge is 0.449 e. The summed E-state index contributed by atoms with van der Waals surface area (Å²) in [4.78, 5) is 30.6. The van der Waals surface area contributed by atoms with Crippen LogP contribution in [0.2, 0.25) is 0 Å². The molecule has 2 heterocycles. The summed E-state index contributed by atoms with van der Waals surface area (Å²) in [5.41, 5.74) is 3.41. The molecule has 12 heteroatoms. The maximum Gasteiger partial charge on any atom is 0.433 e. The van der Waals surface area contributed by atoms with Crippen molar-refractivity contribution in [2.24, 2.45) is 0 Å². The summed E-state index contributed by atoms with van der Waals surface area (Å²) in [7, 11) is 0. The predicted molar refractivity (Wildman–Crippen MR) is 92.5 cm³/mol. The Morgan fingerprint density at radius 3 is 2.57 bits per heavy atom. The van der Waals surface area contributed by atoms with Gasteiger partial charge in [0.2, 0.25) is 5.82 Å². The Balaban J connectivity index is 2.65. The lowest BCUT2D eigenvalue weighted by Gasteiger charge is -2.23. The maximum atomic E-state index is 13.1. The van der Waals surface area contributed by atoms with E-state index >= 15 is 0 Å². The molecular formula is C16H16F3N5O4. The fraction of sp³-hybridized carbons (Fsp3) is 0.312. The summed E-state index contributed by atoms with van der Waals surface area (Å²) in [5.74, 6) is -0.967. The third kappa shape index (κ3) is 4.64. The molecule has 0 aliphatic carbocycles. The summed E-state index contributed by atoms with van der Waals surface area (Å²) in [6.45, 7) is 2.78. The normalized spacial score (nSPS) is 11.2. The number of nitro groups is 1. The van der Waals surface area contributed by atoms with Crippen LogP contribution in [-0.2, 0) is 17.5 Å². The van der Waals surface area contributed by atoms with Crippen LogP contribution >= 0.6 is 0 Å². The van der Waals surface area contributed by atoms with Crippen molar-refractivity contribution in [3.05, 3.63) is 51.5 Å². The van der Waals surface area contributed by atoms with Crippen LogP contribution in [0, 0.1) is 17.0 Å². The summed E-state index contributed by atoms with van der Waals surface area (Å²) in [5, 5.41) is 11.4. The van der Waals surface area contributed by atoms with Crippen LogP contribution in [0.4, 0.5) is 35.2 Å². The van der Waals surface area contributed by atoms with Gasteiger partial charge in [-0.05, 0) is 25.5 Å². The van der Waals surface area contributed by atoms with E-state index in [1.165, 1.54) is 13.1 Å². The molecule has 0 saturated heterocycles. The van der Waals surface area contributed by atoms with E-state index in [2.05, 4.69) is 9.97 Å². The van der Waals surface area contributed by atoms with Crippen molar-refractivity contribution in [1.29, 1.82) is 0 Å². The van der Waals surface area contributed by atoms with E-state index in [1.54, 1.807) is 19.1 Å². The Kier molecular flexibility index (Phi) is 6.01. The van der Waals surface area contributed by atoms with Gasteiger partial charge in [-0.1, -0.05) is 6.07 Å². The highest BCUT2D eigenvalue weighted by Gasteiger charge is 2.38. The van der Waals surface area contributed by atoms with Gasteiger partial charge in [0, 0.05) is 18.0 Å². The van der Waals surface area contributed by atoms with Crippen molar-refractivity contribution in [2.75, 3.05) is 17.2 Å². The smallest absolute Gasteiger partial charge is 0.433 e. The van der Waals surface area contributed by atoms with Crippen LogP contribution in [0.25, 0.3) is 0 Å². The van der Waals surface area contributed by atoms with Gasteiger partial charge in [0.15, 0.2) is 0 Å². The minimum atomic E-state index is -4.93.